The van der Waals surface area contributed by atoms with Gasteiger partial charge >= 0.3 is 0 Å². The van der Waals surface area contributed by atoms with Crippen LogP contribution in [0.4, 0.5) is 0 Å². The second-order valence-electron chi connectivity index (χ2n) is 13.0. The molecule has 0 aliphatic carbocycles. The van der Waals surface area contributed by atoms with Gasteiger partial charge in [-0.05, 0) is 92.2 Å². The van der Waals surface area contributed by atoms with E-state index in [0.29, 0.717) is 5.75 Å². The van der Waals surface area contributed by atoms with Gasteiger partial charge in [0.15, 0.2) is 0 Å². The van der Waals surface area contributed by atoms with E-state index >= 15 is 0 Å². The highest BCUT2D eigenvalue weighted by atomic mass is 16.3. The van der Waals surface area contributed by atoms with Crippen LogP contribution in [-0.2, 0) is 0 Å². The molecule has 0 bridgehead atoms. The standard InChI is InChI=1S/C46H30N2O2/c49-42-15-8-14-38-34-12-5-4-11-33(34)35-23-21-31(25-39(35)45(38)42)28-17-19-30(20-18-28)46-47-40(29-9-2-1-3-10-29)27-41(48-46)32-22-24-37-36-13-6-7-16-43(36)50-44(37)26-32/h1-27,46-47,49H/p+1. The van der Waals surface area contributed by atoms with Crippen LogP contribution >= 0.6 is 0 Å². The summed E-state index contributed by atoms with van der Waals surface area (Å²) >= 11 is 0. The Kier molecular flexibility index (Phi) is 6.36. The second kappa shape index (κ2) is 11.2. The van der Waals surface area contributed by atoms with E-state index in [2.05, 4.69) is 138 Å². The zero-order valence-electron chi connectivity index (χ0n) is 27.0. The molecular weight excluding hydrogens is 613 g/mol. The molecule has 1 atom stereocenters. The van der Waals surface area contributed by atoms with E-state index in [1.54, 1.807) is 6.07 Å². The smallest absolute Gasteiger partial charge is 0.251 e. The number of phenols is 1. The monoisotopic (exact) mass is 643 g/mol. The third-order valence-corrected chi connectivity index (χ3v) is 10.1. The molecule has 0 radical (unpaired) electrons. The molecule has 50 heavy (non-hydrogen) atoms. The van der Waals surface area contributed by atoms with Crippen molar-refractivity contribution in [3.63, 3.8) is 0 Å². The number of fused-ring (bicyclic) bond motifs is 9. The van der Waals surface area contributed by atoms with Gasteiger partial charge in [0.2, 0.25) is 5.71 Å². The number of allylic oxidation sites excluding steroid dienone is 1. The Morgan fingerprint density at radius 2 is 1.12 bits per heavy atom. The van der Waals surface area contributed by atoms with Crippen molar-refractivity contribution in [1.82, 2.24) is 5.32 Å². The highest BCUT2D eigenvalue weighted by Crippen LogP contribution is 2.40. The first kappa shape index (κ1) is 28.4. The fraction of sp³-hybridized carbons (Fsp3) is 0.0217. The van der Waals surface area contributed by atoms with Gasteiger partial charge in [0.05, 0.1) is 5.70 Å². The van der Waals surface area contributed by atoms with E-state index in [9.17, 15) is 5.11 Å². The largest absolute Gasteiger partial charge is 0.507 e. The van der Waals surface area contributed by atoms with Crippen molar-refractivity contribution in [2.24, 2.45) is 0 Å². The van der Waals surface area contributed by atoms with Gasteiger partial charge in [0.25, 0.3) is 6.17 Å². The number of aromatic hydroxyl groups is 1. The van der Waals surface area contributed by atoms with E-state index in [-0.39, 0.29) is 6.17 Å². The van der Waals surface area contributed by atoms with Gasteiger partial charge in [-0.3, -0.25) is 0 Å². The fourth-order valence-electron chi connectivity index (χ4n) is 7.62. The number of nitrogens with one attached hydrogen (secondary N) is 2. The van der Waals surface area contributed by atoms with Crippen LogP contribution in [-0.4, -0.2) is 10.8 Å². The molecule has 3 N–H and O–H groups in total. The minimum atomic E-state index is -0.158. The highest BCUT2D eigenvalue weighted by molar-refractivity contribution is 6.27. The van der Waals surface area contributed by atoms with E-state index in [1.807, 2.05) is 30.3 Å². The Balaban J connectivity index is 1.05. The molecule has 1 aromatic heterocycles. The van der Waals surface area contributed by atoms with E-state index < -0.39 is 0 Å². The molecule has 10 rings (SSSR count). The molecule has 9 aromatic rings. The molecule has 4 nitrogen and oxygen atoms in total. The van der Waals surface area contributed by atoms with Gasteiger partial charge in [-0.25, -0.2) is 4.99 Å². The summed E-state index contributed by atoms with van der Waals surface area (Å²) < 4.78 is 6.25. The quantitative estimate of drug-likeness (QED) is 0.167. The lowest BCUT2D eigenvalue weighted by molar-refractivity contribution is -0.515. The van der Waals surface area contributed by atoms with Gasteiger partial charge in [0, 0.05) is 33.4 Å². The molecule has 0 amide bonds. The van der Waals surface area contributed by atoms with Gasteiger partial charge in [-0.1, -0.05) is 109 Å². The summed E-state index contributed by atoms with van der Waals surface area (Å²) in [6.45, 7) is 0. The number of hydrogen-bond donors (Lipinski definition) is 3. The molecule has 0 spiro atoms. The number of benzene rings is 8. The van der Waals surface area contributed by atoms with Crippen molar-refractivity contribution in [3.05, 3.63) is 180 Å². The Hall–Kier alpha value is -6.65. The number of phenolic OH excluding ortho intramolecular Hbond substituents is 1. The van der Waals surface area contributed by atoms with Crippen molar-refractivity contribution in [2.75, 3.05) is 0 Å². The number of para-hydroxylation sites is 1. The summed E-state index contributed by atoms with van der Waals surface area (Å²) in [5.41, 5.74) is 9.35. The summed E-state index contributed by atoms with van der Waals surface area (Å²) in [5.74, 6) is 0.300. The van der Waals surface area contributed by atoms with E-state index in [1.165, 1.54) is 5.39 Å². The van der Waals surface area contributed by atoms with Gasteiger partial charge < -0.3 is 14.8 Å². The van der Waals surface area contributed by atoms with Crippen molar-refractivity contribution in [1.29, 1.82) is 0 Å². The molecule has 1 unspecified atom stereocenters. The van der Waals surface area contributed by atoms with Crippen LogP contribution in [0.2, 0.25) is 0 Å². The molecule has 1 aliphatic rings. The Bertz CT molecular complexity index is 2850. The van der Waals surface area contributed by atoms with Crippen LogP contribution < -0.4 is 10.3 Å². The summed E-state index contributed by atoms with van der Waals surface area (Å²) in [5, 5.41) is 23.5. The molecule has 0 saturated heterocycles. The normalized spacial score (nSPS) is 14.7. The van der Waals surface area contributed by atoms with E-state index in [0.717, 1.165) is 88.1 Å². The summed E-state index contributed by atoms with van der Waals surface area (Å²) in [6, 6.07) is 54.6. The first-order valence-corrected chi connectivity index (χ1v) is 16.9. The second-order valence-corrected chi connectivity index (χ2v) is 13.0. The van der Waals surface area contributed by atoms with Gasteiger partial charge in [0.1, 0.15) is 16.9 Å². The summed E-state index contributed by atoms with van der Waals surface area (Å²) in [6.07, 6.45) is 2.03. The van der Waals surface area contributed by atoms with Crippen LogP contribution in [0.5, 0.6) is 5.75 Å². The molecule has 8 aromatic carbocycles. The summed E-state index contributed by atoms with van der Waals surface area (Å²) in [7, 11) is 0. The first-order valence-electron chi connectivity index (χ1n) is 16.9. The van der Waals surface area contributed by atoms with Crippen molar-refractivity contribution < 1.29 is 14.5 Å². The summed E-state index contributed by atoms with van der Waals surface area (Å²) in [4.78, 5) is 3.77. The predicted molar refractivity (Wildman–Crippen MR) is 205 cm³/mol. The Morgan fingerprint density at radius 1 is 0.480 bits per heavy atom. The van der Waals surface area contributed by atoms with E-state index in [4.69, 9.17) is 4.42 Å². The zero-order chi connectivity index (χ0) is 33.2. The Labute approximate surface area is 288 Å². The molecule has 1 aliphatic heterocycles. The minimum absolute atomic E-state index is 0.158. The Morgan fingerprint density at radius 3 is 1.96 bits per heavy atom. The molecule has 4 heteroatoms. The average molecular weight is 644 g/mol. The lowest BCUT2D eigenvalue weighted by Crippen LogP contribution is -2.79. The third-order valence-electron chi connectivity index (χ3n) is 10.1. The third kappa shape index (κ3) is 4.57. The lowest BCUT2D eigenvalue weighted by atomic mass is 9.91. The number of hydrogen-bond acceptors (Lipinski definition) is 3. The maximum Gasteiger partial charge on any atom is 0.251 e. The van der Waals surface area contributed by atoms with Gasteiger partial charge in [-0.2, -0.15) is 0 Å². The number of rotatable bonds is 4. The SMILES string of the molecule is Oc1cccc2c3ccccc3c3ccc(-c4ccc(C5NC(c6ccccc6)=CC(c6ccc7c(c6)oc6ccccc67)=[NH+]5)cc4)cc3c12. The van der Waals surface area contributed by atoms with Crippen molar-refractivity contribution in [3.8, 4) is 16.9 Å². The predicted octanol–water partition coefficient (Wildman–Crippen LogP) is 9.63. The number of furan rings is 1. The highest BCUT2D eigenvalue weighted by Gasteiger charge is 2.26. The fourth-order valence-corrected chi connectivity index (χ4v) is 7.62. The topological polar surface area (TPSA) is 59.4 Å². The average Bonchev–Trinajstić information content (AvgIpc) is 3.56. The van der Waals surface area contributed by atoms with Crippen LogP contribution in [0.25, 0.3) is 71.1 Å². The molecule has 2 heterocycles. The van der Waals surface area contributed by atoms with Crippen LogP contribution in [0.15, 0.2) is 168 Å². The van der Waals surface area contributed by atoms with Crippen molar-refractivity contribution >= 4 is 65.7 Å². The van der Waals surface area contributed by atoms with Gasteiger partial charge in [-0.15, -0.1) is 0 Å². The van der Waals surface area contributed by atoms with Crippen LogP contribution in [0, 0.1) is 0 Å². The molecule has 0 saturated carbocycles. The molecule has 0 fully saturated rings. The molecular formula is C46H31N2O2+. The van der Waals surface area contributed by atoms with Crippen molar-refractivity contribution in [2.45, 2.75) is 6.17 Å². The first-order chi connectivity index (χ1) is 24.7. The molecule has 236 valence electrons. The van der Waals surface area contributed by atoms with Crippen LogP contribution in [0.1, 0.15) is 22.9 Å². The minimum Gasteiger partial charge on any atom is -0.507 e. The maximum atomic E-state index is 11.0. The van der Waals surface area contributed by atoms with Crippen LogP contribution in [0.3, 0.4) is 0 Å². The lowest BCUT2D eigenvalue weighted by Gasteiger charge is -2.20. The maximum absolute atomic E-state index is 11.0. The zero-order valence-corrected chi connectivity index (χ0v) is 27.0.